The maximum Gasteiger partial charge on any atom is 0.353 e. The Morgan fingerprint density at radius 2 is 1.78 bits per heavy atom. The van der Waals surface area contributed by atoms with Gasteiger partial charge in [-0.3, -0.25) is 10.2 Å². The van der Waals surface area contributed by atoms with Gasteiger partial charge in [0.1, 0.15) is 16.7 Å². The van der Waals surface area contributed by atoms with Gasteiger partial charge in [0.15, 0.2) is 0 Å². The van der Waals surface area contributed by atoms with Crippen LogP contribution in [-0.2, 0) is 14.3 Å². The fraction of sp³-hybridized carbons (Fsp3) is 0.750. The second-order valence-electron chi connectivity index (χ2n) is 5.18. The summed E-state index contributed by atoms with van der Waals surface area (Å²) in [7, 11) is 0. The normalized spacial score (nSPS) is 16.6. The number of carbonyl (C=O) groups excluding carboxylic acids is 1. The molecule has 0 saturated carbocycles. The maximum absolute atomic E-state index is 11.8. The minimum Gasteiger partial charge on any atom is -0.480 e. The Labute approximate surface area is 106 Å². The van der Waals surface area contributed by atoms with Gasteiger partial charge in [-0.2, -0.15) is 0 Å². The molecule has 0 aliphatic carbocycles. The van der Waals surface area contributed by atoms with E-state index in [1.807, 2.05) is 0 Å². The Kier molecular flexibility index (Phi) is 5.04. The number of rotatable bonds is 5. The zero-order valence-corrected chi connectivity index (χ0v) is 11.4. The zero-order chi connectivity index (χ0) is 14.7. The van der Waals surface area contributed by atoms with Crippen molar-refractivity contribution in [3.8, 4) is 0 Å². The smallest absolute Gasteiger partial charge is 0.353 e. The van der Waals surface area contributed by atoms with Gasteiger partial charge in [0.25, 0.3) is 0 Å². The van der Waals surface area contributed by atoms with Gasteiger partial charge in [-0.1, -0.05) is 6.92 Å². The average Bonchev–Trinajstić information content (AvgIpc) is 2.15. The van der Waals surface area contributed by atoms with Crippen LogP contribution in [0.5, 0.6) is 0 Å². The highest BCUT2D eigenvalue weighted by Crippen LogP contribution is 2.30. The molecule has 0 aromatic rings. The van der Waals surface area contributed by atoms with E-state index in [0.717, 1.165) is 0 Å². The minimum atomic E-state index is -1.93. The number of aliphatic hydroxyl groups excluding tert-OH is 1. The molecule has 0 bridgehead atoms. The number of carboxylic acid groups (broad SMARTS) is 1. The van der Waals surface area contributed by atoms with E-state index in [2.05, 4.69) is 0 Å². The third-order valence-electron chi connectivity index (χ3n) is 2.70. The number of ether oxygens (including phenoxy) is 1. The molecule has 2 atom stereocenters. The second-order valence-corrected chi connectivity index (χ2v) is 5.18. The summed E-state index contributed by atoms with van der Waals surface area (Å²) in [4.78, 5) is 23.0. The van der Waals surface area contributed by atoms with Crippen molar-refractivity contribution >= 4 is 17.7 Å². The van der Waals surface area contributed by atoms with E-state index in [1.165, 1.54) is 13.8 Å². The van der Waals surface area contributed by atoms with Gasteiger partial charge < -0.3 is 14.9 Å². The molecule has 18 heavy (non-hydrogen) atoms. The Hall–Kier alpha value is -1.43. The Morgan fingerprint density at radius 3 is 2.00 bits per heavy atom. The number of aliphatic hydroxyl groups is 1. The van der Waals surface area contributed by atoms with E-state index in [1.54, 1.807) is 20.8 Å². The van der Waals surface area contributed by atoms with Crippen molar-refractivity contribution in [1.82, 2.24) is 0 Å². The first kappa shape index (κ1) is 16.6. The molecular weight excluding hydrogens is 238 g/mol. The molecule has 3 N–H and O–H groups in total. The number of carboxylic acids is 1. The first-order valence-electron chi connectivity index (χ1n) is 5.72. The molecule has 2 unspecified atom stereocenters. The molecule has 104 valence electrons. The van der Waals surface area contributed by atoms with E-state index < -0.39 is 34.8 Å². The Balaban J connectivity index is 5.35. The van der Waals surface area contributed by atoms with Crippen molar-refractivity contribution in [2.75, 3.05) is 0 Å². The van der Waals surface area contributed by atoms with Crippen LogP contribution in [0.15, 0.2) is 0 Å². The molecule has 0 radical (unpaired) electrons. The SMILES string of the molecule is CCC(C(=N)C(=O)OC(C)(C)C)(C(=O)O)C(C)O. The quantitative estimate of drug-likeness (QED) is 0.508. The monoisotopic (exact) mass is 259 g/mol. The van der Waals surface area contributed by atoms with Crippen molar-refractivity contribution in [3.63, 3.8) is 0 Å². The largest absolute Gasteiger partial charge is 0.480 e. The van der Waals surface area contributed by atoms with Crippen LogP contribution in [0, 0.1) is 10.8 Å². The van der Waals surface area contributed by atoms with Gasteiger partial charge in [-0.15, -0.1) is 0 Å². The van der Waals surface area contributed by atoms with E-state index in [9.17, 15) is 19.8 Å². The van der Waals surface area contributed by atoms with Gasteiger partial charge in [-0.25, -0.2) is 4.79 Å². The molecule has 6 nitrogen and oxygen atoms in total. The topological polar surface area (TPSA) is 108 Å². The highest BCUT2D eigenvalue weighted by molar-refractivity contribution is 6.41. The van der Waals surface area contributed by atoms with Crippen molar-refractivity contribution in [2.45, 2.75) is 52.7 Å². The number of esters is 1. The Morgan fingerprint density at radius 1 is 1.33 bits per heavy atom. The fourth-order valence-corrected chi connectivity index (χ4v) is 1.63. The summed E-state index contributed by atoms with van der Waals surface area (Å²) in [6.07, 6.45) is -1.43. The molecule has 0 rings (SSSR count). The molecule has 0 amide bonds. The first-order valence-corrected chi connectivity index (χ1v) is 5.72. The lowest BCUT2D eigenvalue weighted by atomic mass is 9.75. The maximum atomic E-state index is 11.8. The Bertz CT molecular complexity index is 356. The highest BCUT2D eigenvalue weighted by atomic mass is 16.6. The van der Waals surface area contributed by atoms with Crippen LogP contribution in [0.4, 0.5) is 0 Å². The molecule has 0 saturated heterocycles. The van der Waals surface area contributed by atoms with Crippen molar-refractivity contribution in [3.05, 3.63) is 0 Å². The predicted molar refractivity (Wildman–Crippen MR) is 65.6 cm³/mol. The highest BCUT2D eigenvalue weighted by Gasteiger charge is 2.49. The van der Waals surface area contributed by atoms with Crippen LogP contribution in [0.3, 0.4) is 0 Å². The third-order valence-corrected chi connectivity index (χ3v) is 2.70. The van der Waals surface area contributed by atoms with Crippen LogP contribution in [0.2, 0.25) is 0 Å². The summed E-state index contributed by atoms with van der Waals surface area (Å²) in [6.45, 7) is 7.61. The predicted octanol–water partition coefficient (Wildman–Crippen LogP) is 1.21. The molecule has 0 heterocycles. The molecule has 0 aliphatic rings. The summed E-state index contributed by atoms with van der Waals surface area (Å²) in [5.74, 6) is -2.43. The number of carbonyl (C=O) groups is 2. The van der Waals surface area contributed by atoms with E-state index in [0.29, 0.717) is 0 Å². The minimum absolute atomic E-state index is 0.0714. The van der Waals surface area contributed by atoms with E-state index >= 15 is 0 Å². The summed E-state index contributed by atoms with van der Waals surface area (Å²) in [5, 5.41) is 26.5. The first-order chi connectivity index (χ1) is 7.99. The van der Waals surface area contributed by atoms with Crippen molar-refractivity contribution in [2.24, 2.45) is 5.41 Å². The van der Waals surface area contributed by atoms with Gasteiger partial charge >= 0.3 is 11.9 Å². The van der Waals surface area contributed by atoms with Crippen molar-refractivity contribution < 1.29 is 24.5 Å². The van der Waals surface area contributed by atoms with Crippen LogP contribution >= 0.6 is 0 Å². The van der Waals surface area contributed by atoms with E-state index in [-0.39, 0.29) is 6.42 Å². The molecular formula is C12H21NO5. The fourth-order valence-electron chi connectivity index (χ4n) is 1.63. The summed E-state index contributed by atoms with van der Waals surface area (Å²) in [6, 6.07) is 0. The van der Waals surface area contributed by atoms with Crippen LogP contribution in [0.1, 0.15) is 41.0 Å². The van der Waals surface area contributed by atoms with Crippen molar-refractivity contribution in [1.29, 1.82) is 5.41 Å². The van der Waals surface area contributed by atoms with E-state index in [4.69, 9.17) is 10.1 Å². The lowest BCUT2D eigenvalue weighted by Gasteiger charge is -2.31. The number of aliphatic carboxylic acids is 1. The molecule has 0 spiro atoms. The lowest BCUT2D eigenvalue weighted by molar-refractivity contribution is -0.155. The molecule has 0 aromatic carbocycles. The summed E-state index contributed by atoms with van der Waals surface area (Å²) < 4.78 is 4.97. The van der Waals surface area contributed by atoms with Gasteiger partial charge in [0.2, 0.25) is 0 Å². The number of hydrogen-bond acceptors (Lipinski definition) is 5. The average molecular weight is 259 g/mol. The molecule has 0 fully saturated rings. The summed E-state index contributed by atoms with van der Waals surface area (Å²) >= 11 is 0. The van der Waals surface area contributed by atoms with Crippen LogP contribution in [0.25, 0.3) is 0 Å². The molecule has 0 aliphatic heterocycles. The molecule has 6 heteroatoms. The van der Waals surface area contributed by atoms with Gasteiger partial charge in [0, 0.05) is 0 Å². The lowest BCUT2D eigenvalue weighted by Crippen LogP contribution is -2.51. The molecule has 0 aromatic heterocycles. The van der Waals surface area contributed by atoms with Crippen LogP contribution in [-0.4, -0.2) is 39.6 Å². The van der Waals surface area contributed by atoms with Gasteiger partial charge in [0.05, 0.1) is 6.10 Å². The second kappa shape index (κ2) is 5.48. The number of hydrogen-bond donors (Lipinski definition) is 3. The standard InChI is InChI=1S/C12H21NO5/c1-6-12(7(2)14,10(16)17)8(13)9(15)18-11(3,4)5/h7,13-14H,6H2,1-5H3,(H,16,17). The third kappa shape index (κ3) is 3.29. The number of nitrogens with one attached hydrogen (secondary N) is 1. The zero-order valence-electron chi connectivity index (χ0n) is 11.4. The van der Waals surface area contributed by atoms with Gasteiger partial charge in [-0.05, 0) is 34.1 Å². The van der Waals surface area contributed by atoms with Crippen LogP contribution < -0.4 is 0 Å². The summed E-state index contributed by atoms with van der Waals surface area (Å²) in [5.41, 5.74) is -3.48.